The highest BCUT2D eigenvalue weighted by Gasteiger charge is 2.38. The van der Waals surface area contributed by atoms with Crippen LogP contribution in [0.15, 0.2) is 48.5 Å². The van der Waals surface area contributed by atoms with Crippen molar-refractivity contribution in [3.05, 3.63) is 64.1 Å². The van der Waals surface area contributed by atoms with Crippen LogP contribution in [-0.4, -0.2) is 94.0 Å². The Kier molecular flexibility index (Phi) is 19.5. The lowest BCUT2D eigenvalue weighted by Crippen LogP contribution is -2.42. The number of ether oxygens (including phenoxy) is 4. The minimum Gasteiger partial charge on any atom is -0.491 e. The Morgan fingerprint density at radius 3 is 2.00 bits per heavy atom. The van der Waals surface area contributed by atoms with Crippen LogP contribution in [0.1, 0.15) is 57.9 Å². The van der Waals surface area contributed by atoms with Gasteiger partial charge in [0.2, 0.25) is 5.91 Å². The van der Waals surface area contributed by atoms with Crippen LogP contribution >= 0.6 is 23.2 Å². The van der Waals surface area contributed by atoms with Crippen LogP contribution in [0.3, 0.4) is 0 Å². The first-order valence-electron chi connectivity index (χ1n) is 15.9. The summed E-state index contributed by atoms with van der Waals surface area (Å²) >= 11 is 11.4. The van der Waals surface area contributed by atoms with Gasteiger partial charge in [-0.05, 0) is 62.2 Å². The molecular formula is C33H48Cl2N4O11S. The predicted molar refractivity (Wildman–Crippen MR) is 192 cm³/mol. The van der Waals surface area contributed by atoms with E-state index in [4.69, 9.17) is 48.9 Å². The predicted octanol–water partition coefficient (Wildman–Crippen LogP) is 4.81. The molecule has 15 nitrogen and oxygen atoms in total. The number of aliphatic hydroxyl groups excluding tert-OH is 1. The van der Waals surface area contributed by atoms with Crippen LogP contribution in [0.5, 0.6) is 5.75 Å². The third-order valence-electron chi connectivity index (χ3n) is 6.89. The first-order chi connectivity index (χ1) is 23.8. The molecule has 3 rings (SSSR count). The Morgan fingerprint density at radius 1 is 0.961 bits per heavy atom. The van der Waals surface area contributed by atoms with E-state index in [0.29, 0.717) is 21.4 Å². The molecule has 1 fully saturated rings. The van der Waals surface area contributed by atoms with E-state index in [1.807, 2.05) is 27.7 Å². The van der Waals surface area contributed by atoms with E-state index >= 15 is 0 Å². The summed E-state index contributed by atoms with van der Waals surface area (Å²) in [6, 6.07) is 13.2. The van der Waals surface area contributed by atoms with Gasteiger partial charge in [-0.25, -0.2) is 22.8 Å². The Labute approximate surface area is 308 Å². The molecule has 3 atom stereocenters. The number of benzene rings is 2. The van der Waals surface area contributed by atoms with E-state index < -0.39 is 45.0 Å². The fraction of sp³-hybridized carbons (Fsp3) is 0.515. The average molecular weight is 780 g/mol. The maximum atomic E-state index is 12.0. The number of nitrogens with zero attached hydrogens (tertiary/aromatic N) is 1. The lowest BCUT2D eigenvalue weighted by molar-refractivity contribution is -0.130. The smallest absolute Gasteiger partial charge is 0.407 e. The van der Waals surface area contributed by atoms with Crippen LogP contribution in [0, 0.1) is 5.41 Å². The number of aliphatic hydroxyl groups is 1. The number of rotatable bonds is 13. The molecule has 0 spiro atoms. The zero-order chi connectivity index (χ0) is 38.8. The number of amides is 4. The summed E-state index contributed by atoms with van der Waals surface area (Å²) in [5.74, 6) is 0.325. The van der Waals surface area contributed by atoms with E-state index in [1.54, 1.807) is 48.5 Å². The van der Waals surface area contributed by atoms with E-state index in [9.17, 15) is 32.7 Å². The van der Waals surface area contributed by atoms with E-state index in [2.05, 4.69) is 10.1 Å². The highest BCUT2D eigenvalue weighted by Crippen LogP contribution is 2.31. The van der Waals surface area contributed by atoms with Gasteiger partial charge < -0.3 is 45.7 Å². The van der Waals surface area contributed by atoms with Crippen molar-refractivity contribution in [3.8, 4) is 5.75 Å². The molecular weight excluding hydrogens is 731 g/mol. The summed E-state index contributed by atoms with van der Waals surface area (Å²) in [7, 11) is -1.80. The SMILES string of the molecule is CCCC(C)(COC(N)=O)COC(=O)NC(C)C.CN1C(=O)CCS(=O)(=O)C1c1ccc(Cl)cc1.NC(=O)OCC(O)COc1ccc(Cl)cc1. The monoisotopic (exact) mass is 778 g/mol. The number of halogens is 2. The zero-order valence-corrected chi connectivity index (χ0v) is 31.6. The average Bonchev–Trinajstić information content (AvgIpc) is 3.05. The van der Waals surface area contributed by atoms with Gasteiger partial charge in [0.15, 0.2) is 15.2 Å². The number of hydrogen-bond acceptors (Lipinski definition) is 11. The largest absolute Gasteiger partial charge is 0.491 e. The molecule has 1 aliphatic rings. The van der Waals surface area contributed by atoms with Crippen LogP contribution in [-0.2, 0) is 28.8 Å². The Morgan fingerprint density at radius 2 is 1.49 bits per heavy atom. The second-order valence-corrected chi connectivity index (χ2v) is 15.2. The van der Waals surface area contributed by atoms with Crippen molar-refractivity contribution in [2.24, 2.45) is 16.9 Å². The van der Waals surface area contributed by atoms with Gasteiger partial charge in [0.25, 0.3) is 0 Å². The van der Waals surface area contributed by atoms with Gasteiger partial charge in [-0.15, -0.1) is 0 Å². The van der Waals surface area contributed by atoms with Gasteiger partial charge >= 0.3 is 18.3 Å². The van der Waals surface area contributed by atoms with Crippen LogP contribution < -0.4 is 21.5 Å². The van der Waals surface area contributed by atoms with E-state index in [0.717, 1.165) is 12.8 Å². The lowest BCUT2D eigenvalue weighted by Gasteiger charge is -2.32. The molecule has 286 valence electrons. The number of hydrogen-bond donors (Lipinski definition) is 4. The van der Waals surface area contributed by atoms with Gasteiger partial charge in [0.1, 0.15) is 38.3 Å². The molecule has 51 heavy (non-hydrogen) atoms. The van der Waals surface area contributed by atoms with Gasteiger partial charge in [0.05, 0.1) is 5.75 Å². The molecule has 0 radical (unpaired) electrons. The second-order valence-electron chi connectivity index (χ2n) is 12.1. The number of carbonyl (C=O) groups is 4. The summed E-state index contributed by atoms with van der Waals surface area (Å²) in [6.45, 7) is 7.75. The molecule has 1 saturated heterocycles. The lowest BCUT2D eigenvalue weighted by atomic mass is 9.87. The number of sulfone groups is 1. The Hall–Kier alpha value is -3.99. The molecule has 0 bridgehead atoms. The van der Waals surface area contributed by atoms with Crippen molar-refractivity contribution < 1.29 is 51.6 Å². The van der Waals surface area contributed by atoms with Gasteiger partial charge in [-0.3, -0.25) is 4.79 Å². The van der Waals surface area contributed by atoms with E-state index in [1.165, 1.54) is 11.9 Å². The maximum Gasteiger partial charge on any atom is 0.407 e. The van der Waals surface area contributed by atoms with Crippen molar-refractivity contribution in [2.75, 3.05) is 39.2 Å². The molecule has 1 aliphatic heterocycles. The van der Waals surface area contributed by atoms with Crippen LogP contribution in [0.2, 0.25) is 10.0 Å². The first-order valence-corrected chi connectivity index (χ1v) is 18.3. The minimum atomic E-state index is -3.31. The van der Waals surface area contributed by atoms with Crippen molar-refractivity contribution in [2.45, 2.75) is 64.5 Å². The fourth-order valence-electron chi connectivity index (χ4n) is 4.45. The fourth-order valence-corrected chi connectivity index (χ4v) is 6.55. The molecule has 3 unspecified atom stereocenters. The summed E-state index contributed by atoms with van der Waals surface area (Å²) in [6.07, 6.45) is -1.39. The molecule has 0 aromatic heterocycles. The van der Waals surface area contributed by atoms with Crippen LogP contribution in [0.25, 0.3) is 0 Å². The van der Waals surface area contributed by atoms with Crippen molar-refractivity contribution in [3.63, 3.8) is 0 Å². The third-order valence-corrected chi connectivity index (χ3v) is 9.44. The highest BCUT2D eigenvalue weighted by atomic mass is 35.5. The first kappa shape index (κ1) is 45.0. The van der Waals surface area contributed by atoms with Gasteiger partial charge in [-0.2, -0.15) is 0 Å². The molecule has 18 heteroatoms. The molecule has 2 aromatic rings. The molecule has 6 N–H and O–H groups in total. The van der Waals surface area contributed by atoms with Crippen LogP contribution in [0.4, 0.5) is 14.4 Å². The van der Waals surface area contributed by atoms with E-state index in [-0.39, 0.29) is 50.6 Å². The second kappa shape index (κ2) is 22.1. The standard InChI is InChI=1S/C12H24N2O4.C11H12ClNO3S.C10H12ClNO4/c1-5-6-12(4,7-17-10(13)15)8-18-11(16)14-9(2)3;1-13-10(14)6-7-17(15,16)11(13)8-2-4-9(12)5-3-8;11-7-1-3-9(4-2-7)15-5-8(13)6-16-10(12)14/h9H,5-8H2,1-4H3,(H2,13,15)(H,14,16);2-5,11H,6-7H2,1H3;1-4,8,13H,5-6H2,(H2,12,14). The number of alkyl carbamates (subject to hydrolysis) is 1. The molecule has 0 aliphatic carbocycles. The number of nitrogens with one attached hydrogen (secondary N) is 1. The normalized spacial score (nSPS) is 16.5. The summed E-state index contributed by atoms with van der Waals surface area (Å²) < 4.78 is 43.5. The Balaban J connectivity index is 0.000000383. The van der Waals surface area contributed by atoms with Gasteiger partial charge in [-0.1, -0.05) is 55.6 Å². The summed E-state index contributed by atoms with van der Waals surface area (Å²) in [4.78, 5) is 45.1. The Bertz CT molecular complexity index is 1510. The number of nitrogens with two attached hydrogens (primary N) is 2. The number of primary amides is 2. The summed E-state index contributed by atoms with van der Waals surface area (Å²) in [5.41, 5.74) is 9.84. The minimum absolute atomic E-state index is 0.00884. The van der Waals surface area contributed by atoms with Crippen molar-refractivity contribution in [1.29, 1.82) is 0 Å². The molecule has 2 aromatic carbocycles. The van der Waals surface area contributed by atoms with Gasteiger partial charge in [0, 0.05) is 35.0 Å². The third kappa shape index (κ3) is 18.2. The van der Waals surface area contributed by atoms with Crippen molar-refractivity contribution in [1.82, 2.24) is 10.2 Å². The molecule has 1 heterocycles. The number of carbonyl (C=O) groups excluding carboxylic acids is 4. The quantitative estimate of drug-likeness (QED) is 0.202. The molecule has 4 amide bonds. The van der Waals surface area contributed by atoms with Crippen molar-refractivity contribution >= 4 is 57.2 Å². The topological polar surface area (TPSA) is 227 Å². The summed E-state index contributed by atoms with van der Waals surface area (Å²) in [5, 5.41) is 12.2. The zero-order valence-electron chi connectivity index (χ0n) is 29.3. The highest BCUT2D eigenvalue weighted by molar-refractivity contribution is 7.91. The maximum absolute atomic E-state index is 12.0. The molecule has 0 saturated carbocycles.